The predicted molar refractivity (Wildman–Crippen MR) is 71.4 cm³/mol. The van der Waals surface area contributed by atoms with Crippen LogP contribution in [0.4, 0.5) is 0 Å². The SMILES string of the molecule is CCCc1nc(Oc2ccc(Cl)cc2)ccc1O. The third-order valence-corrected chi connectivity index (χ3v) is 2.70. The Morgan fingerprint density at radius 2 is 1.89 bits per heavy atom. The highest BCUT2D eigenvalue weighted by atomic mass is 35.5. The number of aryl methyl sites for hydroxylation is 1. The molecule has 1 heterocycles. The summed E-state index contributed by atoms with van der Waals surface area (Å²) >= 11 is 5.80. The largest absolute Gasteiger partial charge is 0.506 e. The average molecular weight is 264 g/mol. The van der Waals surface area contributed by atoms with Crippen LogP contribution in [0.5, 0.6) is 17.4 Å². The van der Waals surface area contributed by atoms with Gasteiger partial charge < -0.3 is 9.84 Å². The number of hydrogen-bond donors (Lipinski definition) is 1. The van der Waals surface area contributed by atoms with Crippen LogP contribution in [0.2, 0.25) is 5.02 Å². The molecule has 0 radical (unpaired) electrons. The number of ether oxygens (including phenoxy) is 1. The van der Waals surface area contributed by atoms with Crippen molar-refractivity contribution >= 4 is 11.6 Å². The van der Waals surface area contributed by atoms with Crippen LogP contribution in [0.25, 0.3) is 0 Å². The molecule has 18 heavy (non-hydrogen) atoms. The van der Waals surface area contributed by atoms with Gasteiger partial charge in [0.1, 0.15) is 11.5 Å². The smallest absolute Gasteiger partial charge is 0.219 e. The monoisotopic (exact) mass is 263 g/mol. The first kappa shape index (κ1) is 12.7. The average Bonchev–Trinajstić information content (AvgIpc) is 2.37. The summed E-state index contributed by atoms with van der Waals surface area (Å²) in [4.78, 5) is 4.27. The first-order chi connectivity index (χ1) is 8.69. The van der Waals surface area contributed by atoms with Crippen LogP contribution in [0.1, 0.15) is 19.0 Å². The number of benzene rings is 1. The van der Waals surface area contributed by atoms with Gasteiger partial charge in [0.15, 0.2) is 0 Å². The summed E-state index contributed by atoms with van der Waals surface area (Å²) in [7, 11) is 0. The highest BCUT2D eigenvalue weighted by Gasteiger charge is 2.05. The minimum absolute atomic E-state index is 0.209. The molecule has 2 aromatic rings. The van der Waals surface area contributed by atoms with Crippen molar-refractivity contribution in [1.29, 1.82) is 0 Å². The molecule has 0 aliphatic heterocycles. The molecule has 4 heteroatoms. The molecule has 0 saturated carbocycles. The summed E-state index contributed by atoms with van der Waals surface area (Å²) < 4.78 is 5.59. The van der Waals surface area contributed by atoms with E-state index in [2.05, 4.69) is 4.98 Å². The van der Waals surface area contributed by atoms with Crippen molar-refractivity contribution in [2.24, 2.45) is 0 Å². The molecule has 0 saturated heterocycles. The van der Waals surface area contributed by atoms with E-state index in [9.17, 15) is 5.11 Å². The van der Waals surface area contributed by atoms with Crippen molar-refractivity contribution in [3.8, 4) is 17.4 Å². The second kappa shape index (κ2) is 5.74. The van der Waals surface area contributed by atoms with E-state index in [-0.39, 0.29) is 5.75 Å². The van der Waals surface area contributed by atoms with E-state index in [0.29, 0.717) is 22.3 Å². The van der Waals surface area contributed by atoms with E-state index in [4.69, 9.17) is 16.3 Å². The predicted octanol–water partition coefficient (Wildman–Crippen LogP) is 4.19. The molecular formula is C14H14ClNO2. The van der Waals surface area contributed by atoms with Gasteiger partial charge in [0, 0.05) is 11.1 Å². The first-order valence-electron chi connectivity index (χ1n) is 5.81. The van der Waals surface area contributed by atoms with Crippen molar-refractivity contribution in [1.82, 2.24) is 4.98 Å². The third-order valence-electron chi connectivity index (χ3n) is 2.45. The zero-order valence-corrected chi connectivity index (χ0v) is 10.8. The summed E-state index contributed by atoms with van der Waals surface area (Å²) in [6.45, 7) is 2.04. The molecule has 0 aliphatic carbocycles. The molecule has 94 valence electrons. The molecule has 0 fully saturated rings. The van der Waals surface area contributed by atoms with Crippen LogP contribution in [0.3, 0.4) is 0 Å². The van der Waals surface area contributed by atoms with Crippen LogP contribution in [0.15, 0.2) is 36.4 Å². The zero-order chi connectivity index (χ0) is 13.0. The fourth-order valence-electron chi connectivity index (χ4n) is 1.57. The molecule has 0 spiro atoms. The van der Waals surface area contributed by atoms with Crippen molar-refractivity contribution in [3.63, 3.8) is 0 Å². The van der Waals surface area contributed by atoms with E-state index in [1.54, 1.807) is 36.4 Å². The Morgan fingerprint density at radius 1 is 1.17 bits per heavy atom. The highest BCUT2D eigenvalue weighted by molar-refractivity contribution is 6.30. The first-order valence-corrected chi connectivity index (χ1v) is 6.19. The molecule has 2 rings (SSSR count). The van der Waals surface area contributed by atoms with Gasteiger partial charge in [0.05, 0.1) is 5.69 Å². The van der Waals surface area contributed by atoms with Gasteiger partial charge in [-0.1, -0.05) is 24.9 Å². The Labute approximate surface area is 111 Å². The molecule has 1 aromatic heterocycles. The lowest BCUT2D eigenvalue weighted by Crippen LogP contribution is -1.94. The van der Waals surface area contributed by atoms with E-state index >= 15 is 0 Å². The molecule has 1 aromatic carbocycles. The van der Waals surface area contributed by atoms with Gasteiger partial charge in [-0.15, -0.1) is 0 Å². The number of nitrogens with zero attached hydrogens (tertiary/aromatic N) is 1. The van der Waals surface area contributed by atoms with Gasteiger partial charge in [0.25, 0.3) is 0 Å². The number of pyridine rings is 1. The number of aromatic hydroxyl groups is 1. The Kier molecular flexibility index (Phi) is 4.05. The van der Waals surface area contributed by atoms with Crippen LogP contribution in [0, 0.1) is 0 Å². The minimum atomic E-state index is 0.209. The number of aromatic nitrogens is 1. The molecule has 0 aliphatic rings. The lowest BCUT2D eigenvalue weighted by molar-refractivity contribution is 0.439. The lowest BCUT2D eigenvalue weighted by Gasteiger charge is -2.07. The van der Waals surface area contributed by atoms with Crippen molar-refractivity contribution in [3.05, 3.63) is 47.1 Å². The quantitative estimate of drug-likeness (QED) is 0.900. The molecule has 0 bridgehead atoms. The van der Waals surface area contributed by atoms with Crippen molar-refractivity contribution < 1.29 is 9.84 Å². The van der Waals surface area contributed by atoms with Crippen LogP contribution < -0.4 is 4.74 Å². The van der Waals surface area contributed by atoms with Crippen LogP contribution in [-0.4, -0.2) is 10.1 Å². The van der Waals surface area contributed by atoms with Gasteiger partial charge in [-0.05, 0) is 36.8 Å². The molecule has 1 N–H and O–H groups in total. The number of halogens is 1. The summed E-state index contributed by atoms with van der Waals surface area (Å²) in [5.41, 5.74) is 0.656. The Morgan fingerprint density at radius 3 is 2.56 bits per heavy atom. The van der Waals surface area contributed by atoms with Crippen LogP contribution in [-0.2, 0) is 6.42 Å². The van der Waals surface area contributed by atoms with Gasteiger partial charge in [-0.25, -0.2) is 4.98 Å². The number of hydrogen-bond acceptors (Lipinski definition) is 3. The normalized spacial score (nSPS) is 10.3. The highest BCUT2D eigenvalue weighted by Crippen LogP contribution is 2.25. The molecule has 0 unspecified atom stereocenters. The van der Waals surface area contributed by atoms with Crippen LogP contribution >= 0.6 is 11.6 Å². The number of rotatable bonds is 4. The fraction of sp³-hybridized carbons (Fsp3) is 0.214. The Balaban J connectivity index is 2.18. The maximum absolute atomic E-state index is 9.63. The summed E-state index contributed by atoms with van der Waals surface area (Å²) in [6.07, 6.45) is 1.65. The third kappa shape index (κ3) is 3.14. The van der Waals surface area contributed by atoms with E-state index in [1.165, 1.54) is 0 Å². The van der Waals surface area contributed by atoms with Gasteiger partial charge >= 0.3 is 0 Å². The summed E-state index contributed by atoms with van der Waals surface area (Å²) in [5.74, 6) is 1.35. The maximum Gasteiger partial charge on any atom is 0.219 e. The van der Waals surface area contributed by atoms with Gasteiger partial charge in [0.2, 0.25) is 5.88 Å². The van der Waals surface area contributed by atoms with Crippen molar-refractivity contribution in [2.45, 2.75) is 19.8 Å². The Bertz CT molecular complexity index is 526. The topological polar surface area (TPSA) is 42.4 Å². The van der Waals surface area contributed by atoms with E-state index < -0.39 is 0 Å². The minimum Gasteiger partial charge on any atom is -0.506 e. The standard InChI is InChI=1S/C14H14ClNO2/c1-2-3-12-13(17)8-9-14(16-12)18-11-6-4-10(15)5-7-11/h4-9,17H,2-3H2,1H3. The molecule has 0 amide bonds. The molecular weight excluding hydrogens is 250 g/mol. The fourth-order valence-corrected chi connectivity index (χ4v) is 1.70. The second-order valence-electron chi connectivity index (χ2n) is 3.92. The second-order valence-corrected chi connectivity index (χ2v) is 4.36. The maximum atomic E-state index is 9.63. The molecule has 3 nitrogen and oxygen atoms in total. The summed E-state index contributed by atoms with van der Waals surface area (Å²) in [5, 5.41) is 10.3. The summed E-state index contributed by atoms with van der Waals surface area (Å²) in [6, 6.07) is 10.3. The Hall–Kier alpha value is -1.74. The zero-order valence-electron chi connectivity index (χ0n) is 10.1. The van der Waals surface area contributed by atoms with Crippen molar-refractivity contribution in [2.75, 3.05) is 0 Å². The van der Waals surface area contributed by atoms with E-state index in [1.807, 2.05) is 6.92 Å². The lowest BCUT2D eigenvalue weighted by atomic mass is 10.2. The molecule has 0 atom stereocenters. The van der Waals surface area contributed by atoms with E-state index in [0.717, 1.165) is 12.8 Å². The van der Waals surface area contributed by atoms with Gasteiger partial charge in [-0.2, -0.15) is 0 Å². The van der Waals surface area contributed by atoms with Gasteiger partial charge in [-0.3, -0.25) is 0 Å².